The first kappa shape index (κ1) is 19.6. The van der Waals surface area contributed by atoms with Crippen molar-refractivity contribution in [2.45, 2.75) is 51.3 Å². The molecule has 2 bridgehead atoms. The number of ketones is 1. The van der Waals surface area contributed by atoms with Crippen LogP contribution in [0, 0.1) is 11.7 Å². The highest BCUT2D eigenvalue weighted by Crippen LogP contribution is 2.36. The second kappa shape index (κ2) is 7.46. The smallest absolute Gasteiger partial charge is 0.410 e. The van der Waals surface area contributed by atoms with Crippen LogP contribution in [0.4, 0.5) is 9.18 Å². The molecule has 0 spiro atoms. The number of piperidine rings is 1. The monoisotopic (exact) mass is 379 g/mol. The summed E-state index contributed by atoms with van der Waals surface area (Å²) in [5.74, 6) is -0.600. The summed E-state index contributed by atoms with van der Waals surface area (Å²) >= 11 is 0. The predicted octanol–water partition coefficient (Wildman–Crippen LogP) is 3.43. The van der Waals surface area contributed by atoms with E-state index in [9.17, 15) is 14.0 Å². The minimum Gasteiger partial charge on any atom is -0.496 e. The SMILES string of the molecule is COc1ccc(F)cc1C(=O)C1CC2COCC(C1)N2C(=O)OC(C)(C)C. The molecule has 2 heterocycles. The van der Waals surface area contributed by atoms with E-state index < -0.39 is 11.4 Å². The molecule has 1 aromatic carbocycles. The number of amides is 1. The van der Waals surface area contributed by atoms with Gasteiger partial charge >= 0.3 is 6.09 Å². The van der Waals surface area contributed by atoms with Crippen molar-refractivity contribution in [1.82, 2.24) is 4.90 Å². The summed E-state index contributed by atoms with van der Waals surface area (Å²) in [7, 11) is 1.46. The molecule has 1 aromatic rings. The largest absolute Gasteiger partial charge is 0.496 e. The Morgan fingerprint density at radius 2 is 1.81 bits per heavy atom. The van der Waals surface area contributed by atoms with Crippen molar-refractivity contribution in [1.29, 1.82) is 0 Å². The van der Waals surface area contributed by atoms with Gasteiger partial charge in [0.1, 0.15) is 17.2 Å². The van der Waals surface area contributed by atoms with Crippen LogP contribution in [-0.4, -0.2) is 54.8 Å². The van der Waals surface area contributed by atoms with Crippen molar-refractivity contribution in [3.05, 3.63) is 29.6 Å². The molecule has 3 rings (SSSR count). The van der Waals surface area contributed by atoms with Crippen LogP contribution >= 0.6 is 0 Å². The van der Waals surface area contributed by atoms with Crippen LogP contribution in [0.1, 0.15) is 44.0 Å². The first-order valence-electron chi connectivity index (χ1n) is 9.16. The molecule has 0 aromatic heterocycles. The lowest BCUT2D eigenvalue weighted by molar-refractivity contribution is -0.0861. The van der Waals surface area contributed by atoms with E-state index in [0.717, 1.165) is 0 Å². The Bertz CT molecular complexity index is 716. The zero-order chi connectivity index (χ0) is 19.8. The molecule has 0 radical (unpaired) electrons. The number of Topliss-reactive ketones (excluding diaryl/α,β-unsaturated/α-hetero) is 1. The number of morpholine rings is 1. The van der Waals surface area contributed by atoms with Gasteiger partial charge in [-0.05, 0) is 51.8 Å². The van der Waals surface area contributed by atoms with Gasteiger partial charge in [-0.1, -0.05) is 0 Å². The number of halogens is 1. The molecular weight excluding hydrogens is 353 g/mol. The molecule has 2 aliphatic heterocycles. The number of nitrogens with zero attached hydrogens (tertiary/aromatic N) is 1. The second-order valence-electron chi connectivity index (χ2n) is 8.11. The normalized spacial score (nSPS) is 25.1. The third-order valence-electron chi connectivity index (χ3n) is 4.92. The number of hydrogen-bond donors (Lipinski definition) is 0. The highest BCUT2D eigenvalue weighted by atomic mass is 19.1. The fourth-order valence-corrected chi connectivity index (χ4v) is 3.83. The molecular formula is C20H26FNO5. The second-order valence-corrected chi connectivity index (χ2v) is 8.11. The molecule has 2 saturated heterocycles. The van der Waals surface area contributed by atoms with E-state index >= 15 is 0 Å². The highest BCUT2D eigenvalue weighted by Gasteiger charge is 2.45. The van der Waals surface area contributed by atoms with Crippen molar-refractivity contribution in [3.8, 4) is 5.75 Å². The van der Waals surface area contributed by atoms with Gasteiger partial charge in [0.2, 0.25) is 0 Å². The maximum Gasteiger partial charge on any atom is 0.410 e. The van der Waals surface area contributed by atoms with E-state index in [-0.39, 0.29) is 35.4 Å². The van der Waals surface area contributed by atoms with Gasteiger partial charge in [-0.25, -0.2) is 9.18 Å². The lowest BCUT2D eigenvalue weighted by atomic mass is 9.80. The summed E-state index contributed by atoms with van der Waals surface area (Å²) in [4.78, 5) is 27.4. The van der Waals surface area contributed by atoms with Gasteiger partial charge in [0.25, 0.3) is 0 Å². The average molecular weight is 379 g/mol. The Hall–Kier alpha value is -2.15. The first-order valence-corrected chi connectivity index (χ1v) is 9.16. The number of carbonyl (C=O) groups is 2. The number of methoxy groups -OCH3 is 1. The van der Waals surface area contributed by atoms with E-state index in [4.69, 9.17) is 14.2 Å². The highest BCUT2D eigenvalue weighted by molar-refractivity contribution is 6.00. The minimum absolute atomic E-state index is 0.160. The van der Waals surface area contributed by atoms with Crippen molar-refractivity contribution >= 4 is 11.9 Å². The molecule has 27 heavy (non-hydrogen) atoms. The molecule has 6 nitrogen and oxygen atoms in total. The van der Waals surface area contributed by atoms with Crippen LogP contribution in [0.25, 0.3) is 0 Å². The molecule has 7 heteroatoms. The van der Waals surface area contributed by atoms with E-state index in [1.165, 1.54) is 25.3 Å². The Kier molecular flexibility index (Phi) is 5.42. The summed E-state index contributed by atoms with van der Waals surface area (Å²) in [5.41, 5.74) is -0.347. The van der Waals surface area contributed by atoms with Crippen LogP contribution in [0.3, 0.4) is 0 Å². The van der Waals surface area contributed by atoms with Crippen LogP contribution in [-0.2, 0) is 9.47 Å². The first-order chi connectivity index (χ1) is 12.7. The van der Waals surface area contributed by atoms with Crippen LogP contribution in [0.2, 0.25) is 0 Å². The zero-order valence-corrected chi connectivity index (χ0v) is 16.2. The summed E-state index contributed by atoms with van der Waals surface area (Å²) in [5, 5.41) is 0. The van der Waals surface area contributed by atoms with Gasteiger partial charge < -0.3 is 14.2 Å². The van der Waals surface area contributed by atoms with E-state index in [0.29, 0.717) is 31.8 Å². The number of carbonyl (C=O) groups excluding carboxylic acids is 2. The number of benzene rings is 1. The minimum atomic E-state index is -0.589. The lowest BCUT2D eigenvalue weighted by Crippen LogP contribution is -2.60. The van der Waals surface area contributed by atoms with Gasteiger partial charge in [0, 0.05) is 5.92 Å². The maximum atomic E-state index is 13.7. The van der Waals surface area contributed by atoms with Crippen LogP contribution in [0.5, 0.6) is 5.75 Å². The topological polar surface area (TPSA) is 65.1 Å². The Labute approximate surface area is 158 Å². The van der Waals surface area contributed by atoms with Crippen LogP contribution < -0.4 is 4.74 Å². The number of ether oxygens (including phenoxy) is 3. The van der Waals surface area contributed by atoms with Crippen LogP contribution in [0.15, 0.2) is 18.2 Å². The molecule has 2 fully saturated rings. The standard InChI is InChI=1S/C20H26FNO5/c1-20(2,3)27-19(24)22-14-7-12(8-15(22)11-26-10-14)18(23)16-9-13(21)5-6-17(16)25-4/h5-6,9,12,14-15H,7-8,10-11H2,1-4H3. The fourth-order valence-electron chi connectivity index (χ4n) is 3.83. The number of hydrogen-bond acceptors (Lipinski definition) is 5. The molecule has 148 valence electrons. The van der Waals surface area contributed by atoms with Crippen molar-refractivity contribution in [2.75, 3.05) is 20.3 Å². The molecule has 2 unspecified atom stereocenters. The summed E-state index contributed by atoms with van der Waals surface area (Å²) in [6.07, 6.45) is 0.526. The van der Waals surface area contributed by atoms with Gasteiger partial charge in [-0.2, -0.15) is 0 Å². The Morgan fingerprint density at radius 1 is 1.19 bits per heavy atom. The summed E-state index contributed by atoms with van der Waals surface area (Å²) in [6.45, 7) is 6.19. The molecule has 0 saturated carbocycles. The maximum absolute atomic E-state index is 13.7. The van der Waals surface area contributed by atoms with Gasteiger partial charge in [0.05, 0.1) is 38.0 Å². The van der Waals surface area contributed by atoms with Crippen molar-refractivity contribution in [3.63, 3.8) is 0 Å². The third kappa shape index (κ3) is 4.24. The molecule has 0 aliphatic carbocycles. The zero-order valence-electron chi connectivity index (χ0n) is 16.2. The Morgan fingerprint density at radius 3 is 2.37 bits per heavy atom. The number of rotatable bonds is 3. The number of fused-ring (bicyclic) bond motifs is 2. The van der Waals surface area contributed by atoms with Crippen molar-refractivity contribution < 1.29 is 28.2 Å². The summed E-state index contributed by atoms with van der Waals surface area (Å²) in [6, 6.07) is 3.47. The third-order valence-corrected chi connectivity index (χ3v) is 4.92. The Balaban J connectivity index is 1.79. The van der Waals surface area contributed by atoms with E-state index in [1.54, 1.807) is 4.90 Å². The van der Waals surface area contributed by atoms with E-state index in [2.05, 4.69) is 0 Å². The molecule has 2 atom stereocenters. The lowest BCUT2D eigenvalue weighted by Gasteiger charge is -2.47. The van der Waals surface area contributed by atoms with Gasteiger partial charge in [-0.3, -0.25) is 9.69 Å². The molecule has 2 aliphatic rings. The van der Waals surface area contributed by atoms with E-state index in [1.807, 2.05) is 20.8 Å². The van der Waals surface area contributed by atoms with Gasteiger partial charge in [-0.15, -0.1) is 0 Å². The average Bonchev–Trinajstić information content (AvgIpc) is 2.58. The quantitative estimate of drug-likeness (QED) is 0.753. The summed E-state index contributed by atoms with van der Waals surface area (Å²) < 4.78 is 30.0. The fraction of sp³-hybridized carbons (Fsp3) is 0.600. The van der Waals surface area contributed by atoms with Crippen molar-refractivity contribution in [2.24, 2.45) is 5.92 Å². The molecule has 0 N–H and O–H groups in total. The predicted molar refractivity (Wildman–Crippen MR) is 96.5 cm³/mol. The van der Waals surface area contributed by atoms with Gasteiger partial charge in [0.15, 0.2) is 5.78 Å². The molecule has 1 amide bonds.